The van der Waals surface area contributed by atoms with E-state index in [1.165, 1.54) is 12.1 Å². The molecule has 0 aliphatic rings. The topological polar surface area (TPSA) is 12.0 Å². The molecule has 2 aromatic carbocycles. The van der Waals surface area contributed by atoms with Crippen LogP contribution < -0.4 is 5.32 Å². The van der Waals surface area contributed by atoms with Gasteiger partial charge in [-0.15, -0.1) is 0 Å². The molecule has 0 unspecified atom stereocenters. The van der Waals surface area contributed by atoms with Gasteiger partial charge < -0.3 is 5.32 Å². The van der Waals surface area contributed by atoms with E-state index in [0.717, 1.165) is 27.9 Å². The second-order valence-electron chi connectivity index (χ2n) is 4.06. The predicted octanol–water partition coefficient (Wildman–Crippen LogP) is 5.08. The van der Waals surface area contributed by atoms with Crippen molar-refractivity contribution in [2.45, 2.75) is 12.7 Å². The number of hydrogen-bond donors (Lipinski definition) is 1. The van der Waals surface area contributed by atoms with E-state index in [1.807, 2.05) is 24.3 Å². The Kier molecular flexibility index (Phi) is 4.14. The molecule has 0 aliphatic heterocycles. The van der Waals surface area contributed by atoms with Gasteiger partial charge in [-0.2, -0.15) is 13.2 Å². The molecular formula is C14H11BrF3N. The quantitative estimate of drug-likeness (QED) is 0.827. The minimum Gasteiger partial charge on any atom is -0.381 e. The molecule has 0 saturated carbocycles. The van der Waals surface area contributed by atoms with E-state index in [1.54, 1.807) is 0 Å². The van der Waals surface area contributed by atoms with Crippen LogP contribution in [0.15, 0.2) is 53.0 Å². The summed E-state index contributed by atoms with van der Waals surface area (Å²) in [7, 11) is 0. The Hall–Kier alpha value is -1.49. The minimum absolute atomic E-state index is 0.481. The van der Waals surface area contributed by atoms with E-state index in [2.05, 4.69) is 21.2 Å². The highest BCUT2D eigenvalue weighted by Gasteiger charge is 2.29. The van der Waals surface area contributed by atoms with Crippen LogP contribution in [-0.2, 0) is 12.7 Å². The summed E-state index contributed by atoms with van der Waals surface area (Å²) < 4.78 is 38.1. The van der Waals surface area contributed by atoms with Gasteiger partial charge in [0.1, 0.15) is 0 Å². The number of nitrogens with one attached hydrogen (secondary N) is 1. The molecule has 0 saturated heterocycles. The second kappa shape index (κ2) is 5.65. The fourth-order valence-corrected chi connectivity index (χ4v) is 2.01. The van der Waals surface area contributed by atoms with E-state index in [-0.39, 0.29) is 0 Å². The van der Waals surface area contributed by atoms with Crippen LogP contribution in [0.5, 0.6) is 0 Å². The monoisotopic (exact) mass is 329 g/mol. The highest BCUT2D eigenvalue weighted by molar-refractivity contribution is 9.10. The van der Waals surface area contributed by atoms with Crippen LogP contribution in [0.2, 0.25) is 0 Å². The first-order valence-electron chi connectivity index (χ1n) is 5.61. The molecule has 2 aromatic rings. The van der Waals surface area contributed by atoms with Crippen molar-refractivity contribution in [2.24, 2.45) is 0 Å². The molecule has 0 bridgehead atoms. The lowest BCUT2D eigenvalue weighted by Crippen LogP contribution is -2.05. The summed E-state index contributed by atoms with van der Waals surface area (Å²) in [4.78, 5) is 0. The first-order chi connectivity index (χ1) is 8.95. The zero-order valence-corrected chi connectivity index (χ0v) is 11.4. The molecule has 0 aromatic heterocycles. The third kappa shape index (κ3) is 3.99. The van der Waals surface area contributed by atoms with Gasteiger partial charge in [0.05, 0.1) is 5.56 Å². The molecule has 0 aliphatic carbocycles. The van der Waals surface area contributed by atoms with Crippen molar-refractivity contribution in [2.75, 3.05) is 5.32 Å². The zero-order valence-electron chi connectivity index (χ0n) is 9.84. The third-order valence-corrected chi connectivity index (χ3v) is 3.10. The van der Waals surface area contributed by atoms with E-state index in [0.29, 0.717) is 6.54 Å². The van der Waals surface area contributed by atoms with Gasteiger partial charge in [0, 0.05) is 16.7 Å². The largest absolute Gasteiger partial charge is 0.416 e. The molecule has 0 radical (unpaired) electrons. The molecule has 0 fully saturated rings. The Morgan fingerprint density at radius 3 is 2.26 bits per heavy atom. The van der Waals surface area contributed by atoms with Gasteiger partial charge in [-0.25, -0.2) is 0 Å². The van der Waals surface area contributed by atoms with Crippen LogP contribution >= 0.6 is 15.9 Å². The van der Waals surface area contributed by atoms with E-state index >= 15 is 0 Å². The van der Waals surface area contributed by atoms with Crippen molar-refractivity contribution in [3.63, 3.8) is 0 Å². The van der Waals surface area contributed by atoms with Crippen molar-refractivity contribution in [3.8, 4) is 0 Å². The average Bonchev–Trinajstić information content (AvgIpc) is 2.36. The third-order valence-electron chi connectivity index (χ3n) is 2.60. The lowest BCUT2D eigenvalue weighted by atomic mass is 10.1. The highest BCUT2D eigenvalue weighted by Crippen LogP contribution is 2.29. The number of alkyl halides is 3. The van der Waals surface area contributed by atoms with Crippen LogP contribution in [-0.4, -0.2) is 0 Å². The maximum absolute atomic E-state index is 12.4. The van der Waals surface area contributed by atoms with Gasteiger partial charge in [0.15, 0.2) is 0 Å². The summed E-state index contributed by atoms with van der Waals surface area (Å²) in [5.41, 5.74) is 1.08. The van der Waals surface area contributed by atoms with E-state index < -0.39 is 11.7 Å². The normalized spacial score (nSPS) is 11.4. The van der Waals surface area contributed by atoms with Crippen molar-refractivity contribution < 1.29 is 13.2 Å². The van der Waals surface area contributed by atoms with Crippen LogP contribution in [0.4, 0.5) is 18.9 Å². The fraction of sp³-hybridized carbons (Fsp3) is 0.143. The summed E-state index contributed by atoms with van der Waals surface area (Å²) in [6.07, 6.45) is -4.28. The smallest absolute Gasteiger partial charge is 0.381 e. The molecule has 5 heteroatoms. The van der Waals surface area contributed by atoms with Crippen LogP contribution in [0.1, 0.15) is 11.1 Å². The van der Waals surface area contributed by atoms with Gasteiger partial charge in [-0.1, -0.05) is 34.1 Å². The van der Waals surface area contributed by atoms with Crippen molar-refractivity contribution in [1.82, 2.24) is 0 Å². The van der Waals surface area contributed by atoms with Gasteiger partial charge in [-0.3, -0.25) is 0 Å². The number of halogens is 4. The Morgan fingerprint density at radius 1 is 1.00 bits per heavy atom. The van der Waals surface area contributed by atoms with Crippen LogP contribution in [0, 0.1) is 0 Å². The molecule has 2 rings (SSSR count). The lowest BCUT2D eigenvalue weighted by molar-refractivity contribution is -0.137. The van der Waals surface area contributed by atoms with E-state index in [9.17, 15) is 13.2 Å². The second-order valence-corrected chi connectivity index (χ2v) is 4.97. The summed E-state index contributed by atoms with van der Waals surface area (Å²) >= 11 is 3.35. The number of hydrogen-bond acceptors (Lipinski definition) is 1. The number of benzene rings is 2. The van der Waals surface area contributed by atoms with Gasteiger partial charge >= 0.3 is 6.18 Å². The van der Waals surface area contributed by atoms with Crippen LogP contribution in [0.25, 0.3) is 0 Å². The lowest BCUT2D eigenvalue weighted by Gasteiger charge is -2.09. The SMILES string of the molecule is FC(F)(F)c1ccc(CNc2cccc(Br)c2)cc1. The summed E-state index contributed by atoms with van der Waals surface area (Å²) in [6.45, 7) is 0.481. The summed E-state index contributed by atoms with van der Waals surface area (Å²) in [5, 5.41) is 3.15. The van der Waals surface area contributed by atoms with Crippen LogP contribution in [0.3, 0.4) is 0 Å². The predicted molar refractivity (Wildman–Crippen MR) is 72.9 cm³/mol. The molecule has 100 valence electrons. The molecule has 1 N–H and O–H groups in total. The Balaban J connectivity index is 2.01. The van der Waals surface area contributed by atoms with Gasteiger partial charge in [0.25, 0.3) is 0 Å². The molecule has 0 amide bonds. The Morgan fingerprint density at radius 2 is 1.68 bits per heavy atom. The molecule has 19 heavy (non-hydrogen) atoms. The Labute approximate surface area is 117 Å². The summed E-state index contributed by atoms with van der Waals surface area (Å²) in [5.74, 6) is 0. The number of anilines is 1. The molecular weight excluding hydrogens is 319 g/mol. The summed E-state index contributed by atoms with van der Waals surface area (Å²) in [6, 6.07) is 12.7. The molecule has 0 atom stereocenters. The fourth-order valence-electron chi connectivity index (χ4n) is 1.61. The highest BCUT2D eigenvalue weighted by atomic mass is 79.9. The molecule has 0 spiro atoms. The van der Waals surface area contributed by atoms with Crippen molar-refractivity contribution >= 4 is 21.6 Å². The van der Waals surface area contributed by atoms with Gasteiger partial charge in [-0.05, 0) is 35.9 Å². The Bertz CT molecular complexity index is 549. The molecule has 1 nitrogen and oxygen atoms in total. The maximum Gasteiger partial charge on any atom is 0.416 e. The van der Waals surface area contributed by atoms with Crippen molar-refractivity contribution in [3.05, 3.63) is 64.1 Å². The zero-order chi connectivity index (χ0) is 13.9. The first kappa shape index (κ1) is 13.9. The minimum atomic E-state index is -4.28. The number of rotatable bonds is 3. The maximum atomic E-state index is 12.4. The standard InChI is InChI=1S/C14H11BrF3N/c15-12-2-1-3-13(8-12)19-9-10-4-6-11(7-5-10)14(16,17)18/h1-8,19H,9H2. The van der Waals surface area contributed by atoms with E-state index in [4.69, 9.17) is 0 Å². The van der Waals surface area contributed by atoms with Gasteiger partial charge in [0.2, 0.25) is 0 Å². The average molecular weight is 330 g/mol. The molecule has 0 heterocycles. The first-order valence-corrected chi connectivity index (χ1v) is 6.40. The van der Waals surface area contributed by atoms with Crippen molar-refractivity contribution in [1.29, 1.82) is 0 Å².